The summed E-state index contributed by atoms with van der Waals surface area (Å²) < 4.78 is 0.902. The molecule has 132 valence electrons. The minimum atomic E-state index is -0.790. The fourth-order valence-corrected chi connectivity index (χ4v) is 4.02. The number of aliphatic carboxylic acids is 1. The number of nitrogen functional groups attached to an aromatic ring is 1. The van der Waals surface area contributed by atoms with Crippen molar-refractivity contribution in [1.29, 1.82) is 0 Å². The van der Waals surface area contributed by atoms with Crippen LogP contribution in [0.2, 0.25) is 0 Å². The van der Waals surface area contributed by atoms with Crippen molar-refractivity contribution in [3.05, 3.63) is 58.6 Å². The van der Waals surface area contributed by atoms with Crippen molar-refractivity contribution in [2.75, 3.05) is 30.3 Å². The minimum absolute atomic E-state index is 0.0893. The summed E-state index contributed by atoms with van der Waals surface area (Å²) in [4.78, 5) is 15.8. The molecule has 0 aliphatic carbocycles. The molecule has 1 aliphatic rings. The molecule has 0 spiro atoms. The number of para-hydroxylation sites is 1. The SMILES string of the molecule is Nc1cccc(Br)c1N1CCN(Cc2ccccc2)C[C@@H]1CC(=O)O. The molecule has 2 aromatic carbocycles. The molecule has 0 amide bonds. The number of carbonyl (C=O) groups is 1. The van der Waals surface area contributed by atoms with E-state index in [9.17, 15) is 9.90 Å². The van der Waals surface area contributed by atoms with Crippen molar-refractivity contribution in [3.63, 3.8) is 0 Å². The number of nitrogens with zero attached hydrogens (tertiary/aromatic N) is 2. The Hall–Kier alpha value is -2.05. The molecule has 0 aromatic heterocycles. The second-order valence-electron chi connectivity index (χ2n) is 6.34. The molecule has 2 aromatic rings. The van der Waals surface area contributed by atoms with Crippen molar-refractivity contribution < 1.29 is 9.90 Å². The summed E-state index contributed by atoms with van der Waals surface area (Å²) in [6.07, 6.45) is 0.0893. The van der Waals surface area contributed by atoms with Gasteiger partial charge in [-0.25, -0.2) is 0 Å². The maximum atomic E-state index is 11.4. The van der Waals surface area contributed by atoms with E-state index < -0.39 is 5.97 Å². The summed E-state index contributed by atoms with van der Waals surface area (Å²) in [6.45, 7) is 3.14. The van der Waals surface area contributed by atoms with Crippen molar-refractivity contribution in [2.45, 2.75) is 19.0 Å². The van der Waals surface area contributed by atoms with Crippen LogP contribution in [-0.4, -0.2) is 41.7 Å². The molecule has 3 rings (SSSR count). The van der Waals surface area contributed by atoms with Crippen LogP contribution in [0.15, 0.2) is 53.0 Å². The van der Waals surface area contributed by atoms with E-state index in [1.165, 1.54) is 5.56 Å². The third-order valence-electron chi connectivity index (χ3n) is 4.53. The lowest BCUT2D eigenvalue weighted by Gasteiger charge is -2.43. The fourth-order valence-electron chi connectivity index (χ4n) is 3.41. The number of piperazine rings is 1. The van der Waals surface area contributed by atoms with Crippen molar-refractivity contribution in [3.8, 4) is 0 Å². The highest BCUT2D eigenvalue weighted by molar-refractivity contribution is 9.10. The standard InChI is InChI=1S/C19H22BrN3O2/c20-16-7-4-8-17(21)19(16)23-10-9-22(13-15(23)11-18(24)25)12-14-5-2-1-3-6-14/h1-8,15H,9-13,21H2,(H,24,25)/t15-/m0/s1. The van der Waals surface area contributed by atoms with E-state index in [0.717, 1.165) is 29.8 Å². The highest BCUT2D eigenvalue weighted by Gasteiger charge is 2.30. The highest BCUT2D eigenvalue weighted by Crippen LogP contribution is 2.35. The molecule has 0 bridgehead atoms. The van der Waals surface area contributed by atoms with Gasteiger partial charge in [-0.05, 0) is 33.6 Å². The van der Waals surface area contributed by atoms with Gasteiger partial charge in [0.2, 0.25) is 0 Å². The first-order chi connectivity index (χ1) is 12.0. The van der Waals surface area contributed by atoms with E-state index in [1.54, 1.807) is 0 Å². The van der Waals surface area contributed by atoms with Gasteiger partial charge in [0.05, 0.1) is 23.8 Å². The summed E-state index contributed by atoms with van der Waals surface area (Å²) in [5.41, 5.74) is 8.98. The zero-order valence-electron chi connectivity index (χ0n) is 13.9. The molecular formula is C19H22BrN3O2. The molecule has 1 fully saturated rings. The lowest BCUT2D eigenvalue weighted by molar-refractivity contribution is -0.137. The molecule has 0 saturated carbocycles. The Labute approximate surface area is 156 Å². The van der Waals surface area contributed by atoms with E-state index in [1.807, 2.05) is 36.4 Å². The molecule has 1 heterocycles. The quantitative estimate of drug-likeness (QED) is 0.750. The van der Waals surface area contributed by atoms with Gasteiger partial charge in [-0.1, -0.05) is 36.4 Å². The summed E-state index contributed by atoms with van der Waals surface area (Å²) in [5, 5.41) is 9.36. The number of hydrogen-bond donors (Lipinski definition) is 2. The third kappa shape index (κ3) is 4.32. The van der Waals surface area contributed by atoms with Crippen molar-refractivity contribution >= 4 is 33.3 Å². The number of benzene rings is 2. The van der Waals surface area contributed by atoms with Gasteiger partial charge in [0.1, 0.15) is 0 Å². The zero-order valence-corrected chi connectivity index (χ0v) is 15.5. The van der Waals surface area contributed by atoms with E-state index in [4.69, 9.17) is 5.73 Å². The predicted molar refractivity (Wildman–Crippen MR) is 104 cm³/mol. The Morgan fingerprint density at radius 2 is 1.92 bits per heavy atom. The van der Waals surface area contributed by atoms with Gasteiger partial charge in [0.25, 0.3) is 0 Å². The van der Waals surface area contributed by atoms with Gasteiger partial charge in [-0.3, -0.25) is 9.69 Å². The molecule has 6 heteroatoms. The molecule has 0 unspecified atom stereocenters. The number of nitrogens with two attached hydrogens (primary N) is 1. The van der Waals surface area contributed by atoms with E-state index >= 15 is 0 Å². The summed E-state index contributed by atoms with van der Waals surface area (Å²) in [7, 11) is 0. The average Bonchev–Trinajstić information content (AvgIpc) is 2.57. The second-order valence-corrected chi connectivity index (χ2v) is 7.20. The molecule has 3 N–H and O–H groups in total. The highest BCUT2D eigenvalue weighted by atomic mass is 79.9. The zero-order chi connectivity index (χ0) is 17.8. The lowest BCUT2D eigenvalue weighted by atomic mass is 10.1. The second kappa shape index (κ2) is 7.89. The predicted octanol–water partition coefficient (Wildman–Crippen LogP) is 3.20. The Morgan fingerprint density at radius 1 is 1.16 bits per heavy atom. The number of hydrogen-bond acceptors (Lipinski definition) is 4. The number of carboxylic acid groups (broad SMARTS) is 1. The average molecular weight is 404 g/mol. The minimum Gasteiger partial charge on any atom is -0.481 e. The maximum Gasteiger partial charge on any atom is 0.305 e. The largest absolute Gasteiger partial charge is 0.481 e. The van der Waals surface area contributed by atoms with Crippen LogP contribution in [0.5, 0.6) is 0 Å². The van der Waals surface area contributed by atoms with Crippen molar-refractivity contribution in [1.82, 2.24) is 4.90 Å². The van der Waals surface area contributed by atoms with Gasteiger partial charge < -0.3 is 15.7 Å². The van der Waals surface area contributed by atoms with Crippen LogP contribution in [0.4, 0.5) is 11.4 Å². The van der Waals surface area contributed by atoms with Gasteiger partial charge in [0, 0.05) is 30.7 Å². The molecule has 5 nitrogen and oxygen atoms in total. The summed E-state index contributed by atoms with van der Waals surface area (Å²) in [6, 6.07) is 15.8. The fraction of sp³-hybridized carbons (Fsp3) is 0.316. The first kappa shape index (κ1) is 17.8. The van der Waals surface area contributed by atoms with Crippen LogP contribution in [0, 0.1) is 0 Å². The van der Waals surface area contributed by atoms with E-state index in [-0.39, 0.29) is 12.5 Å². The van der Waals surface area contributed by atoms with Crippen LogP contribution in [0.1, 0.15) is 12.0 Å². The van der Waals surface area contributed by atoms with Crippen LogP contribution in [0.25, 0.3) is 0 Å². The van der Waals surface area contributed by atoms with Gasteiger partial charge >= 0.3 is 5.97 Å². The summed E-state index contributed by atoms with van der Waals surface area (Å²) in [5.74, 6) is -0.790. The Balaban J connectivity index is 1.80. The summed E-state index contributed by atoms with van der Waals surface area (Å²) >= 11 is 3.56. The van der Waals surface area contributed by atoms with Gasteiger partial charge in [-0.2, -0.15) is 0 Å². The van der Waals surface area contributed by atoms with Crippen molar-refractivity contribution in [2.24, 2.45) is 0 Å². The Kier molecular flexibility index (Phi) is 5.60. The third-order valence-corrected chi connectivity index (χ3v) is 5.17. The molecular weight excluding hydrogens is 382 g/mol. The Bertz CT molecular complexity index is 718. The van der Waals surface area contributed by atoms with Crippen LogP contribution in [-0.2, 0) is 11.3 Å². The topological polar surface area (TPSA) is 69.8 Å². The van der Waals surface area contributed by atoms with Crippen LogP contribution >= 0.6 is 15.9 Å². The number of carboxylic acids is 1. The van der Waals surface area contributed by atoms with E-state index in [2.05, 4.69) is 37.9 Å². The number of halogens is 1. The molecule has 0 radical (unpaired) electrons. The normalized spacial score (nSPS) is 18.3. The first-order valence-corrected chi connectivity index (χ1v) is 9.12. The lowest BCUT2D eigenvalue weighted by Crippen LogP contribution is -2.54. The molecule has 1 atom stereocenters. The maximum absolute atomic E-state index is 11.4. The first-order valence-electron chi connectivity index (χ1n) is 8.33. The smallest absolute Gasteiger partial charge is 0.305 e. The number of rotatable bonds is 5. The van der Waals surface area contributed by atoms with Gasteiger partial charge in [0.15, 0.2) is 0 Å². The van der Waals surface area contributed by atoms with Crippen LogP contribution < -0.4 is 10.6 Å². The molecule has 25 heavy (non-hydrogen) atoms. The monoisotopic (exact) mass is 403 g/mol. The van der Waals surface area contributed by atoms with E-state index in [0.29, 0.717) is 12.2 Å². The molecule has 1 aliphatic heterocycles. The molecule has 1 saturated heterocycles. The van der Waals surface area contributed by atoms with Gasteiger partial charge in [-0.15, -0.1) is 0 Å². The Morgan fingerprint density at radius 3 is 2.60 bits per heavy atom. The van der Waals surface area contributed by atoms with Crippen LogP contribution in [0.3, 0.4) is 0 Å². The number of anilines is 2.